The normalized spacial score (nSPS) is 14.6. The molecule has 1 N–H and O–H groups in total. The monoisotopic (exact) mass is 432 g/mol. The Morgan fingerprint density at radius 2 is 1.91 bits per heavy atom. The van der Waals surface area contributed by atoms with Gasteiger partial charge in [0.05, 0.1) is 11.9 Å². The van der Waals surface area contributed by atoms with Gasteiger partial charge in [0.1, 0.15) is 18.9 Å². The van der Waals surface area contributed by atoms with Crippen LogP contribution >= 0.6 is 0 Å². The quantitative estimate of drug-likeness (QED) is 0.478. The minimum atomic E-state index is 0.0267. The summed E-state index contributed by atoms with van der Waals surface area (Å²) in [6.45, 7) is 2.60. The zero-order valence-electron chi connectivity index (χ0n) is 18.4. The van der Waals surface area contributed by atoms with Crippen LogP contribution in [0.3, 0.4) is 0 Å². The fourth-order valence-corrected chi connectivity index (χ4v) is 3.71. The number of hydrogen-bond acceptors (Lipinski definition) is 4. The number of ether oxygens (including phenoxy) is 1. The molecule has 4 rings (SSSR count). The van der Waals surface area contributed by atoms with E-state index in [-0.39, 0.29) is 12.5 Å². The van der Waals surface area contributed by atoms with Crippen molar-refractivity contribution in [1.82, 2.24) is 20.0 Å². The molecule has 1 aliphatic heterocycles. The SMILES string of the molecule is CN=C(NCc1ccccc1OCc1ccccc1)N1CCN(c2cnn(C)c2)C(=O)C1. The highest BCUT2D eigenvalue weighted by Gasteiger charge is 2.27. The summed E-state index contributed by atoms with van der Waals surface area (Å²) in [5, 5.41) is 7.55. The molecular weight excluding hydrogens is 404 g/mol. The van der Waals surface area contributed by atoms with Crippen molar-refractivity contribution >= 4 is 17.6 Å². The fraction of sp³-hybridized carbons (Fsp3) is 0.292. The van der Waals surface area contributed by atoms with Crippen LogP contribution < -0.4 is 15.0 Å². The highest BCUT2D eigenvalue weighted by atomic mass is 16.5. The van der Waals surface area contributed by atoms with Crippen LogP contribution in [-0.2, 0) is 25.0 Å². The molecule has 1 saturated heterocycles. The third-order valence-corrected chi connectivity index (χ3v) is 5.38. The number of carbonyl (C=O) groups excluding carboxylic acids is 1. The number of benzene rings is 2. The second-order valence-electron chi connectivity index (χ2n) is 7.62. The lowest BCUT2D eigenvalue weighted by molar-refractivity contribution is -0.120. The Labute approximate surface area is 188 Å². The average molecular weight is 433 g/mol. The molecule has 1 aromatic heterocycles. The van der Waals surface area contributed by atoms with E-state index in [4.69, 9.17) is 4.74 Å². The topological polar surface area (TPSA) is 75.0 Å². The molecule has 1 fully saturated rings. The third-order valence-electron chi connectivity index (χ3n) is 5.38. The first-order valence-corrected chi connectivity index (χ1v) is 10.6. The highest BCUT2D eigenvalue weighted by molar-refractivity contribution is 5.98. The van der Waals surface area contributed by atoms with Gasteiger partial charge in [-0.25, -0.2) is 0 Å². The summed E-state index contributed by atoms with van der Waals surface area (Å²) in [6.07, 6.45) is 3.57. The molecule has 1 aliphatic rings. The molecule has 0 spiro atoms. The molecule has 0 radical (unpaired) electrons. The Morgan fingerprint density at radius 3 is 2.62 bits per heavy atom. The second-order valence-corrected chi connectivity index (χ2v) is 7.62. The molecule has 2 heterocycles. The maximum absolute atomic E-state index is 12.7. The van der Waals surface area contributed by atoms with E-state index in [9.17, 15) is 4.79 Å². The lowest BCUT2D eigenvalue weighted by atomic mass is 10.2. The summed E-state index contributed by atoms with van der Waals surface area (Å²) < 4.78 is 7.76. The number of aliphatic imine (C=N–C) groups is 1. The van der Waals surface area contributed by atoms with Crippen LogP contribution in [-0.4, -0.2) is 53.2 Å². The van der Waals surface area contributed by atoms with Crippen molar-refractivity contribution in [2.75, 3.05) is 31.6 Å². The molecule has 2 aromatic carbocycles. The first-order valence-electron chi connectivity index (χ1n) is 10.6. The van der Waals surface area contributed by atoms with Gasteiger partial charge < -0.3 is 19.9 Å². The fourth-order valence-electron chi connectivity index (χ4n) is 3.71. The second kappa shape index (κ2) is 10.00. The number of aryl methyl sites for hydroxylation is 1. The Hall–Kier alpha value is -3.81. The first-order chi connectivity index (χ1) is 15.6. The largest absolute Gasteiger partial charge is 0.489 e. The van der Waals surface area contributed by atoms with Gasteiger partial charge in [0.15, 0.2) is 5.96 Å². The van der Waals surface area contributed by atoms with E-state index in [2.05, 4.69) is 15.4 Å². The number of guanidine groups is 1. The number of amides is 1. The van der Waals surface area contributed by atoms with Gasteiger partial charge in [0.2, 0.25) is 5.91 Å². The van der Waals surface area contributed by atoms with E-state index in [1.165, 1.54) is 0 Å². The predicted octanol–water partition coefficient (Wildman–Crippen LogP) is 2.42. The van der Waals surface area contributed by atoms with Crippen molar-refractivity contribution in [3.63, 3.8) is 0 Å². The summed E-state index contributed by atoms with van der Waals surface area (Å²) in [7, 11) is 3.58. The van der Waals surface area contributed by atoms with Gasteiger partial charge in [0, 0.05) is 45.5 Å². The number of nitrogens with one attached hydrogen (secondary N) is 1. The zero-order chi connectivity index (χ0) is 22.3. The lowest BCUT2D eigenvalue weighted by Crippen LogP contribution is -2.55. The smallest absolute Gasteiger partial charge is 0.246 e. The Kier molecular flexibility index (Phi) is 6.69. The van der Waals surface area contributed by atoms with E-state index in [1.54, 1.807) is 22.8 Å². The van der Waals surface area contributed by atoms with Crippen molar-refractivity contribution in [2.45, 2.75) is 13.2 Å². The number of anilines is 1. The average Bonchev–Trinajstić information content (AvgIpc) is 3.25. The molecule has 0 bridgehead atoms. The third kappa shape index (κ3) is 5.08. The number of para-hydroxylation sites is 1. The number of piperazine rings is 1. The van der Waals surface area contributed by atoms with Gasteiger partial charge in [-0.05, 0) is 11.6 Å². The first kappa shape index (κ1) is 21.4. The summed E-state index contributed by atoms with van der Waals surface area (Å²) in [6, 6.07) is 18.1. The van der Waals surface area contributed by atoms with E-state index in [0.29, 0.717) is 32.2 Å². The van der Waals surface area contributed by atoms with Gasteiger partial charge in [-0.3, -0.25) is 14.5 Å². The maximum Gasteiger partial charge on any atom is 0.246 e. The molecule has 0 atom stereocenters. The molecule has 8 heteroatoms. The van der Waals surface area contributed by atoms with Crippen molar-refractivity contribution in [3.8, 4) is 5.75 Å². The van der Waals surface area contributed by atoms with Crippen LogP contribution in [0.1, 0.15) is 11.1 Å². The molecule has 166 valence electrons. The number of carbonyl (C=O) groups is 1. The van der Waals surface area contributed by atoms with Crippen molar-refractivity contribution in [2.24, 2.45) is 12.0 Å². The van der Waals surface area contributed by atoms with Crippen LogP contribution in [0.2, 0.25) is 0 Å². The van der Waals surface area contributed by atoms with Crippen molar-refractivity contribution < 1.29 is 9.53 Å². The molecule has 0 unspecified atom stereocenters. The highest BCUT2D eigenvalue weighted by Crippen LogP contribution is 2.20. The molecule has 3 aromatic rings. The summed E-state index contributed by atoms with van der Waals surface area (Å²) in [5.74, 6) is 1.55. The van der Waals surface area contributed by atoms with Crippen molar-refractivity contribution in [1.29, 1.82) is 0 Å². The summed E-state index contributed by atoms with van der Waals surface area (Å²) >= 11 is 0. The number of rotatable bonds is 6. The van der Waals surface area contributed by atoms with Crippen LogP contribution in [0, 0.1) is 0 Å². The molecule has 8 nitrogen and oxygen atoms in total. The van der Waals surface area contributed by atoms with Crippen LogP contribution in [0.4, 0.5) is 5.69 Å². The standard InChI is InChI=1S/C24H28N6O2/c1-25-24(29-12-13-30(23(31)17-29)21-15-27-28(2)16-21)26-14-20-10-6-7-11-22(20)32-18-19-8-4-3-5-9-19/h3-11,15-16H,12-14,17-18H2,1-2H3,(H,25,26). The van der Waals surface area contributed by atoms with Crippen LogP contribution in [0.25, 0.3) is 0 Å². The molecule has 0 saturated carbocycles. The van der Waals surface area contributed by atoms with E-state index in [0.717, 1.165) is 22.6 Å². The minimum Gasteiger partial charge on any atom is -0.489 e. The van der Waals surface area contributed by atoms with Crippen LogP contribution in [0.15, 0.2) is 72.0 Å². The van der Waals surface area contributed by atoms with Gasteiger partial charge in [-0.15, -0.1) is 0 Å². The van der Waals surface area contributed by atoms with Gasteiger partial charge in [-0.2, -0.15) is 5.10 Å². The van der Waals surface area contributed by atoms with Crippen molar-refractivity contribution in [3.05, 3.63) is 78.1 Å². The van der Waals surface area contributed by atoms with E-state index >= 15 is 0 Å². The number of nitrogens with zero attached hydrogens (tertiary/aromatic N) is 5. The molecular formula is C24H28N6O2. The minimum absolute atomic E-state index is 0.0267. The number of aromatic nitrogens is 2. The van der Waals surface area contributed by atoms with Gasteiger partial charge >= 0.3 is 0 Å². The van der Waals surface area contributed by atoms with E-state index in [1.807, 2.05) is 72.7 Å². The molecule has 32 heavy (non-hydrogen) atoms. The maximum atomic E-state index is 12.7. The summed E-state index contributed by atoms with van der Waals surface area (Å²) in [4.78, 5) is 20.9. The Bertz CT molecular complexity index is 1080. The zero-order valence-corrected chi connectivity index (χ0v) is 18.4. The van der Waals surface area contributed by atoms with E-state index < -0.39 is 0 Å². The Balaban J connectivity index is 1.35. The lowest BCUT2D eigenvalue weighted by Gasteiger charge is -2.35. The van der Waals surface area contributed by atoms with Gasteiger partial charge in [-0.1, -0.05) is 48.5 Å². The Morgan fingerprint density at radius 1 is 1.12 bits per heavy atom. The summed E-state index contributed by atoms with van der Waals surface area (Å²) in [5.41, 5.74) is 2.98. The predicted molar refractivity (Wildman–Crippen MR) is 125 cm³/mol. The van der Waals surface area contributed by atoms with Crippen LogP contribution in [0.5, 0.6) is 5.75 Å². The number of hydrogen-bond donors (Lipinski definition) is 1. The van der Waals surface area contributed by atoms with Gasteiger partial charge in [0.25, 0.3) is 0 Å². The molecule has 0 aliphatic carbocycles. The molecule has 1 amide bonds.